The van der Waals surface area contributed by atoms with E-state index < -0.39 is 17.2 Å². The second-order valence-corrected chi connectivity index (χ2v) is 19.2. The Labute approximate surface area is 393 Å². The van der Waals surface area contributed by atoms with E-state index >= 15 is 0 Å². The molecule has 0 aromatic heterocycles. The van der Waals surface area contributed by atoms with Gasteiger partial charge in [0.05, 0.1) is 11.1 Å². The smallest absolute Gasteiger partial charge is 0.0726 e. The topological polar surface area (TPSA) is 3.24 Å². The molecule has 0 N–H and O–H groups in total. The van der Waals surface area contributed by atoms with Crippen molar-refractivity contribution in [2.75, 3.05) is 4.90 Å². The molecule has 66 heavy (non-hydrogen) atoms. The van der Waals surface area contributed by atoms with Crippen LogP contribution in [0.1, 0.15) is 112 Å². The van der Waals surface area contributed by atoms with E-state index in [0.717, 1.165) is 85.1 Å². The fraction of sp³-hybridized carbons (Fsp3) is 0.200. The lowest BCUT2D eigenvalue weighted by molar-refractivity contribution is 0.443. The van der Waals surface area contributed by atoms with Crippen LogP contribution in [0.5, 0.6) is 0 Å². The number of hydrogen-bond acceptors (Lipinski definition) is 1. The number of nitrogens with zero attached hydrogens (tertiary/aromatic N) is 1. The molecule has 0 atom stereocenters. The van der Waals surface area contributed by atoms with Crippen LogP contribution in [-0.2, 0) is 5.41 Å². The van der Waals surface area contributed by atoms with Crippen LogP contribution < -0.4 is 4.90 Å². The molecule has 1 nitrogen and oxygen atoms in total. The van der Waals surface area contributed by atoms with E-state index in [1.54, 1.807) is 0 Å². The van der Waals surface area contributed by atoms with E-state index in [9.17, 15) is 2.74 Å². The van der Waals surface area contributed by atoms with Gasteiger partial charge in [-0.25, -0.2) is 0 Å². The molecule has 0 amide bonds. The van der Waals surface area contributed by atoms with Gasteiger partial charge in [0.15, 0.2) is 0 Å². The maximum Gasteiger partial charge on any atom is 0.0726 e. The Morgan fingerprint density at radius 3 is 1.56 bits per heavy atom. The van der Waals surface area contributed by atoms with Gasteiger partial charge in [0.2, 0.25) is 0 Å². The third-order valence-electron chi connectivity index (χ3n) is 15.6. The molecular weight excluding hydrogens is 795 g/mol. The SMILES string of the molecule is [2H]C1(c2ccc3c(c2)C2(c4ccccc4-c4ccc(N(c5ccc(-c6cccc7ccccc67)cc5)c5ccccc5-c5ccccc5)cc42)c2cc(C4([2H])CCCCC4)ccc2-3)CCCCC1. The summed E-state index contributed by atoms with van der Waals surface area (Å²) in [6.45, 7) is 0. The summed E-state index contributed by atoms with van der Waals surface area (Å²) in [5, 5.41) is 2.49. The number of hydrogen-bond donors (Lipinski definition) is 0. The van der Waals surface area contributed by atoms with Crippen molar-refractivity contribution in [3.05, 3.63) is 234 Å². The predicted molar refractivity (Wildman–Crippen MR) is 277 cm³/mol. The fourth-order valence-electron chi connectivity index (χ4n) is 12.5. The van der Waals surface area contributed by atoms with Gasteiger partial charge in [0, 0.05) is 19.7 Å². The van der Waals surface area contributed by atoms with Crippen LogP contribution in [0.25, 0.3) is 55.3 Å². The molecule has 0 radical (unpaired) electrons. The van der Waals surface area contributed by atoms with Gasteiger partial charge in [-0.1, -0.05) is 208 Å². The highest BCUT2D eigenvalue weighted by Crippen LogP contribution is 2.64. The van der Waals surface area contributed by atoms with Gasteiger partial charge in [-0.3, -0.25) is 0 Å². The molecule has 9 aromatic carbocycles. The van der Waals surface area contributed by atoms with E-state index in [2.05, 4.69) is 205 Å². The van der Waals surface area contributed by atoms with Gasteiger partial charge < -0.3 is 4.90 Å². The van der Waals surface area contributed by atoms with Gasteiger partial charge in [0.1, 0.15) is 0 Å². The highest BCUT2D eigenvalue weighted by atomic mass is 15.1. The molecule has 1 spiro atoms. The molecular formula is C65H55N. The zero-order valence-electron chi connectivity index (χ0n) is 39.6. The number of benzene rings is 9. The summed E-state index contributed by atoms with van der Waals surface area (Å²) in [5.74, 6) is -1.22. The maximum absolute atomic E-state index is 9.98. The monoisotopic (exact) mass is 851 g/mol. The standard InChI is InChI=1S/C65H55N/c1-4-17-44(18-5-1)49-33-38-57-58-39-34-50(45-19-6-2-7-20-45)42-62(58)65(61(57)41-49)60-29-14-12-27-56(60)59-40-37-52(43-63(59)65)66(64-30-15-13-26-55(64)47-21-8-3-9-22-47)51-35-31-48(32-36-51)54-28-16-24-46-23-10-11-25-53(46)54/h3,8-16,21-45H,1-2,4-7,17-20H2/i44D,45D. The van der Waals surface area contributed by atoms with Crippen LogP contribution in [0, 0.1) is 0 Å². The third-order valence-corrected chi connectivity index (χ3v) is 15.6. The summed E-state index contributed by atoms with van der Waals surface area (Å²) in [6, 6.07) is 74.6. The van der Waals surface area contributed by atoms with Gasteiger partial charge in [-0.05, 0) is 151 Å². The molecule has 320 valence electrons. The summed E-state index contributed by atoms with van der Waals surface area (Å²) >= 11 is 0. The quantitative estimate of drug-likeness (QED) is 0.154. The van der Waals surface area contributed by atoms with Crippen LogP contribution in [0.15, 0.2) is 200 Å². The van der Waals surface area contributed by atoms with Crippen molar-refractivity contribution < 1.29 is 2.74 Å². The Morgan fingerprint density at radius 2 is 0.864 bits per heavy atom. The van der Waals surface area contributed by atoms with Crippen molar-refractivity contribution in [1.29, 1.82) is 0 Å². The number of anilines is 3. The predicted octanol–water partition coefficient (Wildman–Crippen LogP) is 18.1. The van der Waals surface area contributed by atoms with Crippen molar-refractivity contribution >= 4 is 27.8 Å². The highest BCUT2D eigenvalue weighted by Gasteiger charge is 2.52. The summed E-state index contributed by atoms with van der Waals surface area (Å²) in [6.07, 6.45) is 10.4. The second-order valence-electron chi connectivity index (χ2n) is 19.2. The Balaban J connectivity index is 1.06. The van der Waals surface area contributed by atoms with Crippen molar-refractivity contribution in [2.24, 2.45) is 0 Å². The minimum Gasteiger partial charge on any atom is -0.310 e. The van der Waals surface area contributed by atoms with Crippen molar-refractivity contribution in [3.63, 3.8) is 0 Å². The molecule has 9 aromatic rings. The summed E-state index contributed by atoms with van der Waals surface area (Å²) < 4.78 is 20.0. The van der Waals surface area contributed by atoms with Crippen LogP contribution in [0.2, 0.25) is 0 Å². The van der Waals surface area contributed by atoms with E-state index in [4.69, 9.17) is 0 Å². The van der Waals surface area contributed by atoms with Gasteiger partial charge in [0.25, 0.3) is 0 Å². The molecule has 0 aliphatic heterocycles. The maximum atomic E-state index is 9.98. The Hall–Kier alpha value is -6.96. The largest absolute Gasteiger partial charge is 0.310 e. The van der Waals surface area contributed by atoms with E-state index in [1.165, 1.54) is 84.8 Å². The molecule has 0 saturated heterocycles. The molecule has 13 rings (SSSR count). The van der Waals surface area contributed by atoms with Crippen LogP contribution in [0.4, 0.5) is 17.1 Å². The number of rotatable bonds is 7. The average molecular weight is 852 g/mol. The molecule has 0 unspecified atom stereocenters. The molecule has 0 bridgehead atoms. The zero-order chi connectivity index (χ0) is 45.5. The van der Waals surface area contributed by atoms with Gasteiger partial charge in [-0.2, -0.15) is 0 Å². The van der Waals surface area contributed by atoms with Crippen molar-refractivity contribution in [3.8, 4) is 44.5 Å². The molecule has 2 fully saturated rings. The first kappa shape index (κ1) is 37.3. The highest BCUT2D eigenvalue weighted by molar-refractivity contribution is 5.99. The molecule has 4 aliphatic rings. The second kappa shape index (κ2) is 16.2. The Kier molecular flexibility index (Phi) is 9.14. The minimum atomic E-state index is -0.641. The lowest BCUT2D eigenvalue weighted by Gasteiger charge is -2.34. The number of fused-ring (bicyclic) bond motifs is 11. The fourth-order valence-corrected chi connectivity index (χ4v) is 12.5. The third kappa shape index (κ3) is 6.27. The lowest BCUT2D eigenvalue weighted by Crippen LogP contribution is -2.27. The molecule has 4 aliphatic carbocycles. The van der Waals surface area contributed by atoms with Gasteiger partial charge in [-0.15, -0.1) is 0 Å². The van der Waals surface area contributed by atoms with Crippen LogP contribution in [-0.4, -0.2) is 0 Å². The van der Waals surface area contributed by atoms with Gasteiger partial charge >= 0.3 is 0 Å². The zero-order valence-corrected chi connectivity index (χ0v) is 37.6. The Morgan fingerprint density at radius 1 is 0.364 bits per heavy atom. The van der Waals surface area contributed by atoms with Crippen LogP contribution in [0.3, 0.4) is 0 Å². The molecule has 1 heteroatoms. The average Bonchev–Trinajstić information content (AvgIpc) is 3.86. The first-order valence-corrected chi connectivity index (χ1v) is 24.5. The lowest BCUT2D eigenvalue weighted by atomic mass is 9.69. The molecule has 2 saturated carbocycles. The van der Waals surface area contributed by atoms with Crippen molar-refractivity contribution in [1.82, 2.24) is 0 Å². The number of para-hydroxylation sites is 1. The first-order valence-electron chi connectivity index (χ1n) is 25.5. The minimum absolute atomic E-state index is 0.610. The Bertz CT molecular complexity index is 3310. The van der Waals surface area contributed by atoms with Crippen molar-refractivity contribution in [2.45, 2.75) is 81.4 Å². The summed E-state index contributed by atoms with van der Waals surface area (Å²) in [7, 11) is 0. The molecule has 0 heterocycles. The van der Waals surface area contributed by atoms with E-state index in [1.807, 2.05) is 0 Å². The van der Waals surface area contributed by atoms with E-state index in [0.29, 0.717) is 0 Å². The van der Waals surface area contributed by atoms with E-state index in [-0.39, 0.29) is 0 Å². The summed E-state index contributed by atoms with van der Waals surface area (Å²) in [5.41, 5.74) is 19.8. The normalized spacial score (nSPS) is 17.6. The summed E-state index contributed by atoms with van der Waals surface area (Å²) in [4.78, 5) is 2.47. The van der Waals surface area contributed by atoms with Crippen LogP contribution >= 0.6 is 0 Å². The first-order chi connectivity index (χ1) is 33.4.